The summed E-state index contributed by atoms with van der Waals surface area (Å²) < 4.78 is 11.2. The van der Waals surface area contributed by atoms with Gasteiger partial charge >= 0.3 is 0 Å². The van der Waals surface area contributed by atoms with Gasteiger partial charge in [0, 0.05) is 29.3 Å². The largest absolute Gasteiger partial charge is 0.497 e. The Morgan fingerprint density at radius 1 is 1.19 bits per heavy atom. The molecule has 26 heavy (non-hydrogen) atoms. The van der Waals surface area contributed by atoms with Crippen molar-refractivity contribution in [2.45, 2.75) is 56.7 Å². The summed E-state index contributed by atoms with van der Waals surface area (Å²) in [5.41, 5.74) is 4.76. The van der Waals surface area contributed by atoms with E-state index in [4.69, 9.17) is 26.1 Å². The maximum Gasteiger partial charge on any atom is 0.143 e. The second kappa shape index (κ2) is 7.62. The van der Waals surface area contributed by atoms with Crippen molar-refractivity contribution >= 4 is 24.9 Å². The van der Waals surface area contributed by atoms with Gasteiger partial charge in [-0.25, -0.2) is 0 Å². The van der Waals surface area contributed by atoms with Crippen LogP contribution in [0.5, 0.6) is 5.75 Å². The Hall–Kier alpha value is -1.52. The molecular weight excluding hydrogens is 345 g/mol. The fraction of sp³-hybridized carbons (Fsp3) is 0.476. The average molecular weight is 370 g/mol. The highest BCUT2D eigenvalue weighted by Crippen LogP contribution is 2.38. The molecule has 0 spiro atoms. The molecular formula is C21H25BClNO2. The highest BCUT2D eigenvalue weighted by atomic mass is 35.5. The van der Waals surface area contributed by atoms with Crippen molar-refractivity contribution in [2.75, 3.05) is 7.11 Å². The SMILES string of the molecule is Bc1cnc2c(c1Cl)CC1OC1CCCCC2Cc1ccc(OC)cc1. The molecule has 0 radical (unpaired) electrons. The van der Waals surface area contributed by atoms with E-state index >= 15 is 0 Å². The highest BCUT2D eigenvalue weighted by Gasteiger charge is 2.40. The normalized spacial score (nSPS) is 25.1. The molecule has 136 valence electrons. The molecule has 1 aromatic carbocycles. The van der Waals surface area contributed by atoms with Gasteiger partial charge in [0.15, 0.2) is 0 Å². The van der Waals surface area contributed by atoms with Crippen LogP contribution in [0.15, 0.2) is 30.5 Å². The van der Waals surface area contributed by atoms with Crippen LogP contribution in [0.25, 0.3) is 0 Å². The Labute approximate surface area is 161 Å². The summed E-state index contributed by atoms with van der Waals surface area (Å²) in [5, 5.41) is 0.879. The van der Waals surface area contributed by atoms with Crippen LogP contribution in [0.1, 0.15) is 48.4 Å². The number of benzene rings is 1. The zero-order valence-corrected chi connectivity index (χ0v) is 16.3. The van der Waals surface area contributed by atoms with E-state index in [1.54, 1.807) is 7.11 Å². The Bertz CT molecular complexity index is 780. The molecule has 1 aliphatic carbocycles. The number of methoxy groups -OCH3 is 1. The number of hydrogen-bond acceptors (Lipinski definition) is 3. The van der Waals surface area contributed by atoms with Gasteiger partial charge in [-0.2, -0.15) is 0 Å². The fourth-order valence-electron chi connectivity index (χ4n) is 4.13. The number of ether oxygens (including phenoxy) is 2. The van der Waals surface area contributed by atoms with E-state index in [2.05, 4.69) is 12.1 Å². The first-order chi connectivity index (χ1) is 12.7. The van der Waals surface area contributed by atoms with Gasteiger partial charge in [0.25, 0.3) is 0 Å². The lowest BCUT2D eigenvalue weighted by molar-refractivity contribution is 0.358. The molecule has 0 bridgehead atoms. The average Bonchev–Trinajstić information content (AvgIpc) is 3.40. The van der Waals surface area contributed by atoms with E-state index in [0.29, 0.717) is 18.1 Å². The first kappa shape index (κ1) is 17.9. The van der Waals surface area contributed by atoms with Crippen LogP contribution >= 0.6 is 11.6 Å². The van der Waals surface area contributed by atoms with Crippen molar-refractivity contribution in [3.8, 4) is 5.75 Å². The summed E-state index contributed by atoms with van der Waals surface area (Å²) in [6.45, 7) is 0. The molecule has 1 aliphatic heterocycles. The summed E-state index contributed by atoms with van der Waals surface area (Å²) in [4.78, 5) is 4.85. The van der Waals surface area contributed by atoms with Crippen molar-refractivity contribution < 1.29 is 9.47 Å². The molecule has 4 rings (SSSR count). The van der Waals surface area contributed by atoms with Gasteiger partial charge in [-0.15, -0.1) is 0 Å². The number of nitrogens with zero attached hydrogens (tertiary/aromatic N) is 1. The number of pyridine rings is 1. The standard InChI is InChI=1S/C21H25BClNO2/c1-25-15-8-6-13(7-9-15)10-14-4-2-3-5-18-19(26-18)11-16-20(23)17(22)12-24-21(14)16/h6-9,12,14,18-19H,2-5,10-11,22H2,1H3. The molecule has 3 nitrogen and oxygen atoms in total. The van der Waals surface area contributed by atoms with E-state index in [1.165, 1.54) is 36.1 Å². The van der Waals surface area contributed by atoms with Gasteiger partial charge in [0.05, 0.1) is 19.3 Å². The smallest absolute Gasteiger partial charge is 0.143 e. The second-order valence-electron chi connectivity index (χ2n) is 7.57. The number of aromatic nitrogens is 1. The van der Waals surface area contributed by atoms with Crippen LogP contribution in [0.3, 0.4) is 0 Å². The lowest BCUT2D eigenvalue weighted by Gasteiger charge is -2.22. The highest BCUT2D eigenvalue weighted by molar-refractivity contribution is 6.45. The molecule has 1 fully saturated rings. The van der Waals surface area contributed by atoms with Gasteiger partial charge in [-0.05, 0) is 42.5 Å². The Morgan fingerprint density at radius 2 is 1.96 bits per heavy atom. The molecule has 0 saturated carbocycles. The Balaban J connectivity index is 1.66. The van der Waals surface area contributed by atoms with Crippen molar-refractivity contribution in [1.82, 2.24) is 4.98 Å². The number of halogens is 1. The quantitative estimate of drug-likeness (QED) is 0.615. The van der Waals surface area contributed by atoms with Gasteiger partial charge in [0.2, 0.25) is 0 Å². The molecule has 3 unspecified atom stereocenters. The molecule has 5 heteroatoms. The number of hydrogen-bond donors (Lipinski definition) is 0. The summed E-state index contributed by atoms with van der Waals surface area (Å²) in [6, 6.07) is 8.39. The first-order valence-electron chi connectivity index (χ1n) is 9.58. The van der Waals surface area contributed by atoms with Crippen LogP contribution < -0.4 is 10.2 Å². The number of epoxide rings is 1. The van der Waals surface area contributed by atoms with Crippen LogP contribution in [0, 0.1) is 0 Å². The third-order valence-electron chi connectivity index (χ3n) is 5.73. The van der Waals surface area contributed by atoms with Gasteiger partial charge in [-0.3, -0.25) is 4.98 Å². The Morgan fingerprint density at radius 3 is 2.73 bits per heavy atom. The van der Waals surface area contributed by atoms with E-state index < -0.39 is 0 Å². The third kappa shape index (κ3) is 3.77. The van der Waals surface area contributed by atoms with Crippen molar-refractivity contribution in [3.63, 3.8) is 0 Å². The van der Waals surface area contributed by atoms with Crippen LogP contribution in [0.4, 0.5) is 0 Å². The minimum atomic E-state index is 0.328. The van der Waals surface area contributed by atoms with Gasteiger partial charge < -0.3 is 9.47 Å². The minimum absolute atomic E-state index is 0.328. The minimum Gasteiger partial charge on any atom is -0.497 e. The summed E-state index contributed by atoms with van der Waals surface area (Å²) >= 11 is 6.71. The molecule has 1 aromatic heterocycles. The molecule has 0 N–H and O–H groups in total. The monoisotopic (exact) mass is 369 g/mol. The second-order valence-corrected chi connectivity index (χ2v) is 7.95. The van der Waals surface area contributed by atoms with Gasteiger partial charge in [0.1, 0.15) is 13.6 Å². The first-order valence-corrected chi connectivity index (χ1v) is 9.95. The zero-order valence-electron chi connectivity index (χ0n) is 15.5. The molecule has 2 aromatic rings. The summed E-state index contributed by atoms with van der Waals surface area (Å²) in [5.74, 6) is 1.29. The maximum atomic E-state index is 6.71. The van der Waals surface area contributed by atoms with Crippen molar-refractivity contribution in [2.24, 2.45) is 0 Å². The third-order valence-corrected chi connectivity index (χ3v) is 6.26. The fourth-order valence-corrected chi connectivity index (χ4v) is 4.35. The predicted molar refractivity (Wildman–Crippen MR) is 108 cm³/mol. The van der Waals surface area contributed by atoms with E-state index in [9.17, 15) is 0 Å². The zero-order chi connectivity index (χ0) is 18.1. The molecule has 3 atom stereocenters. The Kier molecular flexibility index (Phi) is 5.24. The molecule has 1 saturated heterocycles. The van der Waals surface area contributed by atoms with E-state index in [1.807, 2.05) is 26.2 Å². The van der Waals surface area contributed by atoms with Crippen LogP contribution in [0.2, 0.25) is 5.02 Å². The lowest BCUT2D eigenvalue weighted by Crippen LogP contribution is -2.18. The number of fused-ring (bicyclic) bond motifs is 2. The van der Waals surface area contributed by atoms with Crippen molar-refractivity contribution in [1.29, 1.82) is 0 Å². The van der Waals surface area contributed by atoms with Crippen LogP contribution in [-0.4, -0.2) is 32.1 Å². The van der Waals surface area contributed by atoms with E-state index in [-0.39, 0.29) is 0 Å². The van der Waals surface area contributed by atoms with E-state index in [0.717, 1.165) is 35.5 Å². The van der Waals surface area contributed by atoms with Crippen molar-refractivity contribution in [3.05, 3.63) is 52.3 Å². The molecule has 2 aliphatic rings. The van der Waals surface area contributed by atoms with Crippen LogP contribution in [-0.2, 0) is 17.6 Å². The maximum absolute atomic E-state index is 6.71. The lowest BCUT2D eigenvalue weighted by atomic mass is 9.84. The molecule has 0 amide bonds. The molecule has 2 heterocycles. The summed E-state index contributed by atoms with van der Waals surface area (Å²) in [7, 11) is 3.74. The summed E-state index contributed by atoms with van der Waals surface area (Å²) in [6.07, 6.45) is 9.32. The van der Waals surface area contributed by atoms with Gasteiger partial charge in [-0.1, -0.05) is 42.0 Å². The number of rotatable bonds is 3. The topological polar surface area (TPSA) is 34.7 Å². The predicted octanol–water partition coefficient (Wildman–Crippen LogP) is 3.21.